The summed E-state index contributed by atoms with van der Waals surface area (Å²) in [6.45, 7) is 1.12. The van der Waals surface area contributed by atoms with Crippen molar-refractivity contribution in [2.45, 2.75) is 30.9 Å². The van der Waals surface area contributed by atoms with Gasteiger partial charge in [0.1, 0.15) is 0 Å². The van der Waals surface area contributed by atoms with Gasteiger partial charge in [-0.25, -0.2) is 4.90 Å². The summed E-state index contributed by atoms with van der Waals surface area (Å²) in [4.78, 5) is 28.7. The molecule has 2 heterocycles. The first-order chi connectivity index (χ1) is 13.4. The van der Waals surface area contributed by atoms with Gasteiger partial charge in [-0.15, -0.1) is 0 Å². The fraction of sp³-hybridized carbons (Fsp3) is 0.333. The first-order valence-corrected chi connectivity index (χ1v) is 10.4. The maximum atomic E-state index is 12.9. The van der Waals surface area contributed by atoms with Gasteiger partial charge in [-0.3, -0.25) is 14.5 Å². The van der Waals surface area contributed by atoms with E-state index in [1.54, 1.807) is 24.3 Å². The summed E-state index contributed by atoms with van der Waals surface area (Å²) in [6.07, 6.45) is 1.21. The van der Waals surface area contributed by atoms with E-state index in [4.69, 9.17) is 11.6 Å². The molecule has 1 atom stereocenters. The Labute approximate surface area is 177 Å². The van der Waals surface area contributed by atoms with E-state index in [1.165, 1.54) is 4.90 Å². The van der Waals surface area contributed by atoms with Gasteiger partial charge in [0.2, 0.25) is 5.91 Å². The second-order valence-corrected chi connectivity index (χ2v) is 8.69. The Morgan fingerprint density at radius 3 is 2.21 bits per heavy atom. The molecule has 4 rings (SSSR count). The Bertz CT molecular complexity index is 893. The molecule has 2 aliphatic heterocycles. The predicted octanol–water partition coefficient (Wildman–Crippen LogP) is 3.72. The van der Waals surface area contributed by atoms with Gasteiger partial charge < -0.3 is 5.11 Å². The third kappa shape index (κ3) is 3.62. The van der Waals surface area contributed by atoms with Crippen LogP contribution in [0.3, 0.4) is 0 Å². The highest BCUT2D eigenvalue weighted by Crippen LogP contribution is 2.36. The maximum Gasteiger partial charge on any atom is 0.251 e. The first-order valence-electron chi connectivity index (χ1n) is 9.22. The summed E-state index contributed by atoms with van der Waals surface area (Å²) < 4.78 is 0.967. The molecule has 2 saturated heterocycles. The lowest BCUT2D eigenvalue weighted by molar-refractivity contribution is -0.124. The summed E-state index contributed by atoms with van der Waals surface area (Å²) in [5.41, 5.74) is 0.524. The largest absolute Gasteiger partial charge is 0.385 e. The Morgan fingerprint density at radius 2 is 1.61 bits per heavy atom. The molecule has 2 fully saturated rings. The Kier molecular flexibility index (Phi) is 5.31. The van der Waals surface area contributed by atoms with Crippen molar-refractivity contribution in [2.75, 3.05) is 18.0 Å². The van der Waals surface area contributed by atoms with E-state index in [0.717, 1.165) is 10.0 Å². The van der Waals surface area contributed by atoms with E-state index in [0.29, 0.717) is 36.6 Å². The molecule has 2 amide bonds. The molecule has 5 nitrogen and oxygen atoms in total. The van der Waals surface area contributed by atoms with Crippen LogP contribution in [0.2, 0.25) is 5.02 Å². The van der Waals surface area contributed by atoms with Gasteiger partial charge in [0, 0.05) is 22.6 Å². The minimum Gasteiger partial charge on any atom is -0.385 e. The third-order valence-corrected chi connectivity index (χ3v) is 6.44. The average Bonchev–Trinajstić information content (AvgIpc) is 2.98. The second-order valence-electron chi connectivity index (χ2n) is 7.34. The highest BCUT2D eigenvalue weighted by atomic mass is 79.9. The lowest BCUT2D eigenvalue weighted by Crippen LogP contribution is -2.49. The molecule has 0 aromatic heterocycles. The number of imide groups is 1. The minimum atomic E-state index is -0.904. The van der Waals surface area contributed by atoms with Gasteiger partial charge in [-0.05, 0) is 54.8 Å². The van der Waals surface area contributed by atoms with Crippen molar-refractivity contribution in [1.29, 1.82) is 0 Å². The number of nitrogens with zero attached hydrogens (tertiary/aromatic N) is 2. The quantitative estimate of drug-likeness (QED) is 0.705. The van der Waals surface area contributed by atoms with Gasteiger partial charge in [0.15, 0.2) is 0 Å². The Balaban J connectivity index is 1.46. The SMILES string of the molecule is O=C1C[C@H](N2CCC(O)(c3ccc(Br)cc3)CC2)C(=O)N1c1ccc(Cl)cc1. The van der Waals surface area contributed by atoms with Gasteiger partial charge in [0.05, 0.1) is 23.8 Å². The van der Waals surface area contributed by atoms with Crippen molar-refractivity contribution in [3.63, 3.8) is 0 Å². The van der Waals surface area contributed by atoms with Crippen molar-refractivity contribution < 1.29 is 14.7 Å². The number of halogens is 2. The zero-order chi connectivity index (χ0) is 19.9. The van der Waals surface area contributed by atoms with Gasteiger partial charge in [0.25, 0.3) is 5.91 Å². The molecular weight excluding hydrogens is 444 g/mol. The van der Waals surface area contributed by atoms with Crippen LogP contribution in [-0.2, 0) is 15.2 Å². The normalized spacial score (nSPS) is 22.7. The number of piperidine rings is 1. The summed E-state index contributed by atoms with van der Waals surface area (Å²) in [5, 5.41) is 11.6. The highest BCUT2D eigenvalue weighted by Gasteiger charge is 2.45. The molecule has 2 aromatic carbocycles. The lowest BCUT2D eigenvalue weighted by atomic mass is 9.84. The summed E-state index contributed by atoms with van der Waals surface area (Å²) in [5.74, 6) is -0.410. The number of carbonyl (C=O) groups excluding carboxylic acids is 2. The molecule has 28 heavy (non-hydrogen) atoms. The van der Waals surface area contributed by atoms with E-state index >= 15 is 0 Å². The number of hydrogen-bond donors (Lipinski definition) is 1. The minimum absolute atomic E-state index is 0.165. The van der Waals surface area contributed by atoms with E-state index < -0.39 is 11.6 Å². The van der Waals surface area contributed by atoms with Crippen LogP contribution in [-0.4, -0.2) is 41.0 Å². The number of anilines is 1. The number of rotatable bonds is 3. The fourth-order valence-electron chi connectivity index (χ4n) is 4.02. The van der Waals surface area contributed by atoms with Gasteiger partial charge in [-0.1, -0.05) is 39.7 Å². The molecule has 2 aliphatic rings. The number of benzene rings is 2. The highest BCUT2D eigenvalue weighted by molar-refractivity contribution is 9.10. The topological polar surface area (TPSA) is 60.9 Å². The molecule has 146 valence electrons. The molecule has 0 saturated carbocycles. The average molecular weight is 464 g/mol. The maximum absolute atomic E-state index is 12.9. The van der Waals surface area contributed by atoms with Gasteiger partial charge >= 0.3 is 0 Å². The van der Waals surface area contributed by atoms with Crippen LogP contribution >= 0.6 is 27.5 Å². The van der Waals surface area contributed by atoms with Crippen LogP contribution in [0.15, 0.2) is 53.0 Å². The summed E-state index contributed by atoms with van der Waals surface area (Å²) in [7, 11) is 0. The van der Waals surface area contributed by atoms with E-state index in [9.17, 15) is 14.7 Å². The van der Waals surface area contributed by atoms with Crippen molar-refractivity contribution >= 4 is 45.0 Å². The number of likely N-dealkylation sites (tertiary alicyclic amines) is 1. The molecule has 0 bridgehead atoms. The van der Waals surface area contributed by atoms with E-state index in [2.05, 4.69) is 15.9 Å². The zero-order valence-corrected chi connectivity index (χ0v) is 17.5. The Morgan fingerprint density at radius 1 is 1.00 bits per heavy atom. The summed E-state index contributed by atoms with van der Waals surface area (Å²) in [6, 6.07) is 13.9. The molecule has 7 heteroatoms. The second kappa shape index (κ2) is 7.59. The lowest BCUT2D eigenvalue weighted by Gasteiger charge is -2.40. The number of carbonyl (C=O) groups is 2. The molecule has 0 unspecified atom stereocenters. The Hall–Kier alpha value is -1.73. The molecule has 0 spiro atoms. The fourth-order valence-corrected chi connectivity index (χ4v) is 4.41. The van der Waals surface area contributed by atoms with Crippen LogP contribution in [0.1, 0.15) is 24.8 Å². The first kappa shape index (κ1) is 19.6. The molecular formula is C21H20BrClN2O3. The van der Waals surface area contributed by atoms with E-state index in [-0.39, 0.29) is 18.2 Å². The standard InChI is InChI=1S/C21H20BrClN2O3/c22-15-3-1-14(2-4-15)21(28)9-11-24(12-10-21)18-13-19(26)25(20(18)27)17-7-5-16(23)6-8-17/h1-8,18,28H,9-13H2/t18-/m0/s1. The van der Waals surface area contributed by atoms with Crippen molar-refractivity contribution in [1.82, 2.24) is 4.90 Å². The zero-order valence-electron chi connectivity index (χ0n) is 15.1. The number of aliphatic hydroxyl groups is 1. The molecule has 0 aliphatic carbocycles. The molecule has 0 radical (unpaired) electrons. The predicted molar refractivity (Wildman–Crippen MR) is 111 cm³/mol. The number of amides is 2. The van der Waals surface area contributed by atoms with Crippen LogP contribution in [0, 0.1) is 0 Å². The van der Waals surface area contributed by atoms with Crippen molar-refractivity contribution in [3.05, 3.63) is 63.6 Å². The van der Waals surface area contributed by atoms with E-state index in [1.807, 2.05) is 29.2 Å². The summed E-state index contributed by atoms with van der Waals surface area (Å²) >= 11 is 9.32. The number of hydrogen-bond acceptors (Lipinski definition) is 4. The van der Waals surface area contributed by atoms with Crippen LogP contribution in [0.4, 0.5) is 5.69 Å². The molecule has 2 aromatic rings. The smallest absolute Gasteiger partial charge is 0.251 e. The van der Waals surface area contributed by atoms with Crippen molar-refractivity contribution in [2.24, 2.45) is 0 Å². The third-order valence-electron chi connectivity index (χ3n) is 5.66. The van der Waals surface area contributed by atoms with Crippen LogP contribution < -0.4 is 4.90 Å². The van der Waals surface area contributed by atoms with Crippen LogP contribution in [0.25, 0.3) is 0 Å². The van der Waals surface area contributed by atoms with Crippen molar-refractivity contribution in [3.8, 4) is 0 Å². The van der Waals surface area contributed by atoms with Crippen LogP contribution in [0.5, 0.6) is 0 Å². The van der Waals surface area contributed by atoms with Gasteiger partial charge in [-0.2, -0.15) is 0 Å². The molecule has 1 N–H and O–H groups in total. The monoisotopic (exact) mass is 462 g/mol.